The van der Waals surface area contributed by atoms with Crippen LogP contribution in [0.4, 0.5) is 5.69 Å². The third kappa shape index (κ3) is 12.4. The van der Waals surface area contributed by atoms with Gasteiger partial charge in [-0.05, 0) is 30.5 Å². The van der Waals surface area contributed by atoms with Crippen molar-refractivity contribution in [2.45, 2.75) is 64.2 Å². The Bertz CT molecular complexity index is 2030. The second-order valence-corrected chi connectivity index (χ2v) is 16.4. The van der Waals surface area contributed by atoms with Gasteiger partial charge in [0.15, 0.2) is 11.5 Å². The molecule has 4 amide bonds. The Morgan fingerprint density at radius 3 is 1.87 bits per heavy atom. The van der Waals surface area contributed by atoms with E-state index in [1.54, 1.807) is 53.5 Å². The first-order valence-electron chi connectivity index (χ1n) is 19.1. The lowest BCUT2D eigenvalue weighted by atomic mass is 9.71. The van der Waals surface area contributed by atoms with Gasteiger partial charge in [0.05, 0.1) is 16.5 Å². The molecule has 324 valence electrons. The fourth-order valence-electron chi connectivity index (χ4n) is 6.90. The van der Waals surface area contributed by atoms with E-state index in [4.69, 9.17) is 9.68 Å². The number of hydrogen-bond donors (Lipinski definition) is 0. The van der Waals surface area contributed by atoms with Crippen molar-refractivity contribution >= 4 is 80.5 Å². The van der Waals surface area contributed by atoms with Crippen LogP contribution in [0.3, 0.4) is 0 Å². The van der Waals surface area contributed by atoms with Crippen LogP contribution < -0.4 is 15.3 Å². The van der Waals surface area contributed by atoms with Crippen LogP contribution in [-0.2, 0) is 62.7 Å². The molecular formula is C38H42N4O16S2-2. The van der Waals surface area contributed by atoms with Crippen LogP contribution in [0.5, 0.6) is 0 Å². The Balaban J connectivity index is 1.20. The molecule has 2 fully saturated rings. The van der Waals surface area contributed by atoms with Crippen molar-refractivity contribution in [2.75, 3.05) is 42.6 Å². The van der Waals surface area contributed by atoms with E-state index in [2.05, 4.69) is 9.37 Å². The van der Waals surface area contributed by atoms with Crippen molar-refractivity contribution in [3.05, 3.63) is 59.9 Å². The predicted octanol–water partition coefficient (Wildman–Crippen LogP) is -0.0691. The van der Waals surface area contributed by atoms with Gasteiger partial charge in [-0.3, -0.25) is 29.0 Å². The number of allylic oxidation sites excluding steroid dienone is 6. The number of carbonyl (C=O) groups is 7. The third-order valence-corrected chi connectivity index (χ3v) is 11.3. The maximum atomic E-state index is 13.4. The fourth-order valence-corrected chi connectivity index (χ4v) is 7.74. The molecule has 0 bridgehead atoms. The summed E-state index contributed by atoms with van der Waals surface area (Å²) in [7, 11) is -4.49. The van der Waals surface area contributed by atoms with Crippen molar-refractivity contribution < 1.29 is 80.5 Å². The number of hydroxylamine groups is 4. The minimum Gasteiger partial charge on any atom is -0.874 e. The Hall–Kier alpha value is -5.26. The molecule has 1 atom stereocenters. The summed E-state index contributed by atoms with van der Waals surface area (Å²) in [5.74, 6) is -6.35. The van der Waals surface area contributed by atoms with Gasteiger partial charge in [0, 0.05) is 117 Å². The van der Waals surface area contributed by atoms with E-state index in [1.165, 1.54) is 0 Å². The molecule has 2 aliphatic carbocycles. The molecular weight excluding hydrogens is 833 g/mol. The minimum atomic E-state index is -4.49. The Kier molecular flexibility index (Phi) is 16.3. The van der Waals surface area contributed by atoms with Gasteiger partial charge in [0.1, 0.15) is 13.1 Å². The number of ketones is 1. The molecule has 2 heterocycles. The second kappa shape index (κ2) is 21.3. The minimum absolute atomic E-state index is 0.0179. The maximum absolute atomic E-state index is 13.4. The molecule has 60 heavy (non-hydrogen) atoms. The van der Waals surface area contributed by atoms with Gasteiger partial charge in [-0.1, -0.05) is 24.3 Å². The molecule has 2 saturated heterocycles. The summed E-state index contributed by atoms with van der Waals surface area (Å²) in [4.78, 5) is 96.8. The Morgan fingerprint density at radius 2 is 1.33 bits per heavy atom. The number of amides is 4. The third-order valence-electron chi connectivity index (χ3n) is 9.88. The molecule has 0 spiro atoms. The molecule has 1 aromatic carbocycles. The van der Waals surface area contributed by atoms with Gasteiger partial charge in [-0.2, -0.15) is 4.33 Å². The van der Waals surface area contributed by atoms with Gasteiger partial charge in [0.2, 0.25) is 0 Å². The number of benzene rings is 1. The highest BCUT2D eigenvalue weighted by atomic mass is 32.2. The van der Waals surface area contributed by atoms with Gasteiger partial charge >= 0.3 is 11.9 Å². The van der Waals surface area contributed by atoms with E-state index in [9.17, 15) is 56.9 Å². The molecule has 0 aromatic heterocycles. The van der Waals surface area contributed by atoms with E-state index >= 15 is 0 Å². The van der Waals surface area contributed by atoms with Gasteiger partial charge in [0.25, 0.3) is 23.6 Å². The van der Waals surface area contributed by atoms with Crippen LogP contribution in [0.1, 0.15) is 69.8 Å². The Labute approximate surface area is 348 Å². The smallest absolute Gasteiger partial charge is 0.333 e. The quantitative estimate of drug-likeness (QED) is 0.0265. The highest BCUT2D eigenvalue weighted by Crippen LogP contribution is 2.41. The first kappa shape index (κ1) is 45.8. The molecule has 5 rings (SSSR count). The van der Waals surface area contributed by atoms with E-state index in [0.29, 0.717) is 53.1 Å². The summed E-state index contributed by atoms with van der Waals surface area (Å²) in [6.45, 7) is 1.13. The second-order valence-electron chi connectivity index (χ2n) is 14.0. The summed E-state index contributed by atoms with van der Waals surface area (Å²) in [6.07, 6.45) is 7.61. The molecule has 0 saturated carbocycles. The predicted molar refractivity (Wildman–Crippen MR) is 202 cm³/mol. The number of hydrogen-bond acceptors (Lipinski definition) is 18. The van der Waals surface area contributed by atoms with Crippen LogP contribution >= 0.6 is 12.0 Å². The van der Waals surface area contributed by atoms with Crippen molar-refractivity contribution in [1.29, 1.82) is 0 Å². The average Bonchev–Trinajstić information content (AvgIpc) is 3.70. The lowest BCUT2D eigenvalue weighted by molar-refractivity contribution is -0.777. The zero-order valence-corrected chi connectivity index (χ0v) is 33.9. The standard InChI is InChI=1S/C38H44N4O16S2/c43-29-15-16-30(44)41(29)55-33(47)5-1-19-39(21-3-23-59-58-57-51)27-11-7-25(8-12-27)35-37(49)36(38(35)50)26-9-13-28(14-10-26)40(22-4-24-60(52,53)54)20-2-6-34(48)56-42-31(45)17-18-32(42)46/h7-14,25,35H,1-6,15-24H2,(H2-,49,51,52,53,54)/p-2. The lowest BCUT2D eigenvalue weighted by Gasteiger charge is -2.40. The van der Waals surface area contributed by atoms with Crippen LogP contribution in [-0.4, -0.2) is 112 Å². The summed E-state index contributed by atoms with van der Waals surface area (Å²) >= 11 is 0.822. The first-order valence-corrected chi connectivity index (χ1v) is 21.6. The molecule has 20 nitrogen and oxygen atoms in total. The van der Waals surface area contributed by atoms with E-state index in [-0.39, 0.29) is 81.6 Å². The largest absolute Gasteiger partial charge is 0.874 e. The average molecular weight is 875 g/mol. The SMILES string of the molecule is O=C(CCCN(CCCS(=O)(=O)[O-])c1ccc(C2=C([O-])C(C3C=CC(=[N+](CCCSOO[O-])CCCC(=O)ON4C(=O)CCC4=O)C=C3)C2=O)cc1)ON1C(=O)CCC1=O. The summed E-state index contributed by atoms with van der Waals surface area (Å²) in [6, 6.07) is 6.40. The van der Waals surface area contributed by atoms with Crippen LogP contribution in [0.2, 0.25) is 0 Å². The van der Waals surface area contributed by atoms with Crippen LogP contribution in [0.25, 0.3) is 5.57 Å². The monoisotopic (exact) mass is 874 g/mol. The highest BCUT2D eigenvalue weighted by Gasteiger charge is 2.39. The fraction of sp³-hybridized carbons (Fsp3) is 0.474. The van der Waals surface area contributed by atoms with Gasteiger partial charge in [-0.15, -0.1) is 15.9 Å². The normalized spacial score (nSPS) is 19.1. The Morgan fingerprint density at radius 1 is 0.800 bits per heavy atom. The molecule has 1 unspecified atom stereocenters. The van der Waals surface area contributed by atoms with Crippen LogP contribution in [0, 0.1) is 11.8 Å². The number of Topliss-reactive ketones (excluding diaryl/α,β-unsaturated/α-hetero) is 1. The molecule has 22 heteroatoms. The molecule has 0 N–H and O–H groups in total. The topological polar surface area (TPSA) is 272 Å². The summed E-state index contributed by atoms with van der Waals surface area (Å²) in [5.41, 5.74) is 1.68. The van der Waals surface area contributed by atoms with Crippen molar-refractivity contribution in [3.63, 3.8) is 0 Å². The number of carbonyl (C=O) groups excluding carboxylic acids is 7. The molecule has 1 aromatic rings. The molecule has 0 radical (unpaired) electrons. The van der Waals surface area contributed by atoms with Crippen molar-refractivity contribution in [1.82, 2.24) is 10.1 Å². The number of nitrogens with zero attached hydrogens (tertiary/aromatic N) is 4. The number of anilines is 1. The van der Waals surface area contributed by atoms with E-state index < -0.39 is 63.3 Å². The van der Waals surface area contributed by atoms with E-state index in [1.807, 2.05) is 4.58 Å². The van der Waals surface area contributed by atoms with Crippen LogP contribution in [0.15, 0.2) is 54.3 Å². The summed E-state index contributed by atoms with van der Waals surface area (Å²) < 4.78 is 40.0. The lowest BCUT2D eigenvalue weighted by Crippen LogP contribution is -2.41. The zero-order valence-electron chi connectivity index (χ0n) is 32.2. The maximum Gasteiger partial charge on any atom is 0.333 e. The number of rotatable bonds is 23. The highest BCUT2D eigenvalue weighted by molar-refractivity contribution is 7.94. The molecule has 4 aliphatic rings. The summed E-state index contributed by atoms with van der Waals surface area (Å²) in [5, 5.41) is 27.9. The van der Waals surface area contributed by atoms with Gasteiger partial charge < -0.3 is 29.5 Å². The van der Waals surface area contributed by atoms with Gasteiger partial charge in [-0.25, -0.2) is 22.6 Å². The van der Waals surface area contributed by atoms with Crippen molar-refractivity contribution in [3.8, 4) is 0 Å². The van der Waals surface area contributed by atoms with Crippen molar-refractivity contribution in [2.24, 2.45) is 11.8 Å². The molecule has 2 aliphatic heterocycles. The van der Waals surface area contributed by atoms with E-state index in [0.717, 1.165) is 17.8 Å². The zero-order chi connectivity index (χ0) is 43.4. The first-order chi connectivity index (χ1) is 28.7. The number of imide groups is 2.